The molecular formula is C28H28N4O5S. The number of nitrogens with zero attached hydrogens (tertiary/aromatic N) is 3. The van der Waals surface area contributed by atoms with Crippen molar-refractivity contribution in [3.63, 3.8) is 0 Å². The summed E-state index contributed by atoms with van der Waals surface area (Å²) in [5.41, 5.74) is 3.49. The molecule has 0 aliphatic carbocycles. The zero-order valence-corrected chi connectivity index (χ0v) is 22.5. The molecule has 1 heterocycles. The van der Waals surface area contributed by atoms with E-state index in [1.165, 1.54) is 11.8 Å². The van der Waals surface area contributed by atoms with Crippen LogP contribution in [-0.4, -0.2) is 54.8 Å². The van der Waals surface area contributed by atoms with Crippen LogP contribution in [0.25, 0.3) is 22.5 Å². The highest BCUT2D eigenvalue weighted by molar-refractivity contribution is 8.00. The molecule has 38 heavy (non-hydrogen) atoms. The molecule has 0 aliphatic rings. The number of methoxy groups -OCH3 is 4. The molecule has 10 heteroatoms. The van der Waals surface area contributed by atoms with E-state index in [0.29, 0.717) is 33.7 Å². The lowest BCUT2D eigenvalue weighted by Crippen LogP contribution is -2.22. The first-order chi connectivity index (χ1) is 18.4. The minimum Gasteiger partial charge on any atom is -0.497 e. The van der Waals surface area contributed by atoms with Crippen LogP contribution >= 0.6 is 11.8 Å². The van der Waals surface area contributed by atoms with Gasteiger partial charge in [-0.2, -0.15) is 0 Å². The molecule has 0 fully saturated rings. The number of rotatable bonds is 10. The van der Waals surface area contributed by atoms with Crippen LogP contribution in [0.5, 0.6) is 23.0 Å². The Bertz CT molecular complexity index is 1380. The summed E-state index contributed by atoms with van der Waals surface area (Å²) in [6.07, 6.45) is 0. The fraction of sp³-hybridized carbons (Fsp3) is 0.214. The molecule has 1 unspecified atom stereocenters. The molecule has 1 N–H and O–H groups in total. The molecule has 1 atom stereocenters. The summed E-state index contributed by atoms with van der Waals surface area (Å²) in [5.74, 6) is 2.40. The van der Waals surface area contributed by atoms with Crippen molar-refractivity contribution < 1.29 is 23.7 Å². The van der Waals surface area contributed by atoms with Crippen LogP contribution < -0.4 is 24.3 Å². The Kier molecular flexibility index (Phi) is 8.65. The first-order valence-corrected chi connectivity index (χ1v) is 12.6. The van der Waals surface area contributed by atoms with Gasteiger partial charge < -0.3 is 24.3 Å². The van der Waals surface area contributed by atoms with E-state index in [1.807, 2.05) is 48.5 Å². The molecular weight excluding hydrogens is 504 g/mol. The van der Waals surface area contributed by atoms with E-state index >= 15 is 0 Å². The van der Waals surface area contributed by atoms with E-state index in [0.717, 1.165) is 22.6 Å². The SMILES string of the molecule is COc1ccc(-c2nnc(SC(C)C(=O)Nc3cc(OC)cc(OC)c3)nc2-c2ccc(OC)cc2)cc1. The maximum absolute atomic E-state index is 13.0. The Hall–Kier alpha value is -4.31. The maximum atomic E-state index is 13.0. The van der Waals surface area contributed by atoms with Gasteiger partial charge in [0.05, 0.1) is 33.7 Å². The third-order valence-corrected chi connectivity index (χ3v) is 6.62. The lowest BCUT2D eigenvalue weighted by atomic mass is 10.0. The second-order valence-corrected chi connectivity index (χ2v) is 9.41. The van der Waals surface area contributed by atoms with Crippen LogP contribution in [0, 0.1) is 0 Å². The normalized spacial score (nSPS) is 11.4. The van der Waals surface area contributed by atoms with Crippen molar-refractivity contribution >= 4 is 23.4 Å². The molecule has 4 rings (SSSR count). The summed E-state index contributed by atoms with van der Waals surface area (Å²) in [7, 11) is 6.35. The standard InChI is InChI=1S/C28H28N4O5S/c1-17(27(33)29-20-14-23(36-4)16-24(15-20)37-5)38-28-30-25(18-6-10-21(34-2)11-7-18)26(31-32-28)19-8-12-22(35-3)13-9-19/h6-17H,1-5H3,(H,29,33). The number of ether oxygens (including phenoxy) is 4. The third kappa shape index (κ3) is 6.33. The number of anilines is 1. The smallest absolute Gasteiger partial charge is 0.237 e. The highest BCUT2D eigenvalue weighted by Crippen LogP contribution is 2.33. The van der Waals surface area contributed by atoms with Crippen molar-refractivity contribution in [3.8, 4) is 45.5 Å². The van der Waals surface area contributed by atoms with Crippen molar-refractivity contribution in [1.29, 1.82) is 0 Å². The molecule has 9 nitrogen and oxygen atoms in total. The van der Waals surface area contributed by atoms with Crippen molar-refractivity contribution in [2.45, 2.75) is 17.3 Å². The molecule has 0 radical (unpaired) electrons. The predicted octanol–water partition coefficient (Wildman–Crippen LogP) is 5.36. The number of carbonyl (C=O) groups is 1. The number of carbonyl (C=O) groups excluding carboxylic acids is 1. The molecule has 0 aliphatic heterocycles. The quantitative estimate of drug-likeness (QED) is 0.270. The van der Waals surface area contributed by atoms with Gasteiger partial charge in [0.15, 0.2) is 0 Å². The fourth-order valence-electron chi connectivity index (χ4n) is 3.59. The Labute approximate surface area is 225 Å². The summed E-state index contributed by atoms with van der Waals surface area (Å²) >= 11 is 1.21. The van der Waals surface area contributed by atoms with Crippen LogP contribution in [0.15, 0.2) is 71.9 Å². The minimum absolute atomic E-state index is 0.223. The number of benzene rings is 3. The van der Waals surface area contributed by atoms with Gasteiger partial charge in [-0.25, -0.2) is 4.98 Å². The summed E-state index contributed by atoms with van der Waals surface area (Å²) < 4.78 is 21.1. The van der Waals surface area contributed by atoms with Crippen LogP contribution in [0.4, 0.5) is 5.69 Å². The van der Waals surface area contributed by atoms with Gasteiger partial charge in [0.2, 0.25) is 11.1 Å². The molecule has 1 amide bonds. The first kappa shape index (κ1) is 26.7. The van der Waals surface area contributed by atoms with Crippen LogP contribution in [-0.2, 0) is 4.79 Å². The van der Waals surface area contributed by atoms with E-state index in [9.17, 15) is 4.79 Å². The number of hydrogen-bond acceptors (Lipinski definition) is 9. The molecule has 3 aromatic carbocycles. The zero-order valence-electron chi connectivity index (χ0n) is 21.7. The molecule has 0 bridgehead atoms. The van der Waals surface area contributed by atoms with Gasteiger partial charge in [0, 0.05) is 35.0 Å². The van der Waals surface area contributed by atoms with E-state index in [1.54, 1.807) is 53.6 Å². The van der Waals surface area contributed by atoms with Gasteiger partial charge in [-0.3, -0.25) is 4.79 Å². The van der Waals surface area contributed by atoms with E-state index in [-0.39, 0.29) is 5.91 Å². The highest BCUT2D eigenvalue weighted by Gasteiger charge is 2.20. The maximum Gasteiger partial charge on any atom is 0.237 e. The topological polar surface area (TPSA) is 105 Å². The number of amides is 1. The second kappa shape index (κ2) is 12.3. The van der Waals surface area contributed by atoms with E-state index in [2.05, 4.69) is 15.5 Å². The van der Waals surface area contributed by atoms with Gasteiger partial charge >= 0.3 is 0 Å². The molecule has 0 saturated carbocycles. The summed E-state index contributed by atoms with van der Waals surface area (Å²) in [4.78, 5) is 17.8. The first-order valence-electron chi connectivity index (χ1n) is 11.7. The Balaban J connectivity index is 1.61. The third-order valence-electron chi connectivity index (χ3n) is 5.66. The second-order valence-electron chi connectivity index (χ2n) is 8.10. The summed E-state index contributed by atoms with van der Waals surface area (Å²) in [6.45, 7) is 1.78. The Morgan fingerprint density at radius 2 is 1.21 bits per heavy atom. The number of aromatic nitrogens is 3. The van der Waals surface area contributed by atoms with Gasteiger partial charge in [-0.1, -0.05) is 11.8 Å². The summed E-state index contributed by atoms with van der Waals surface area (Å²) in [5, 5.41) is 11.6. The summed E-state index contributed by atoms with van der Waals surface area (Å²) in [6, 6.07) is 20.3. The van der Waals surface area contributed by atoms with Crippen LogP contribution in [0.3, 0.4) is 0 Å². The lowest BCUT2D eigenvalue weighted by Gasteiger charge is -2.14. The van der Waals surface area contributed by atoms with Crippen molar-refractivity contribution in [3.05, 3.63) is 66.7 Å². The fourth-order valence-corrected chi connectivity index (χ4v) is 4.30. The van der Waals surface area contributed by atoms with Crippen molar-refractivity contribution in [2.24, 2.45) is 0 Å². The van der Waals surface area contributed by atoms with Gasteiger partial charge in [-0.15, -0.1) is 10.2 Å². The lowest BCUT2D eigenvalue weighted by molar-refractivity contribution is -0.115. The van der Waals surface area contributed by atoms with Gasteiger partial charge in [0.1, 0.15) is 34.4 Å². The van der Waals surface area contributed by atoms with Gasteiger partial charge in [0.25, 0.3) is 0 Å². The monoisotopic (exact) mass is 532 g/mol. The predicted molar refractivity (Wildman–Crippen MR) is 147 cm³/mol. The average molecular weight is 533 g/mol. The van der Waals surface area contributed by atoms with Crippen LogP contribution in [0.1, 0.15) is 6.92 Å². The molecule has 4 aromatic rings. The van der Waals surface area contributed by atoms with E-state index < -0.39 is 5.25 Å². The van der Waals surface area contributed by atoms with E-state index in [4.69, 9.17) is 23.9 Å². The highest BCUT2D eigenvalue weighted by atomic mass is 32.2. The molecule has 0 saturated heterocycles. The minimum atomic E-state index is -0.510. The molecule has 1 aromatic heterocycles. The zero-order chi connectivity index (χ0) is 27.1. The largest absolute Gasteiger partial charge is 0.497 e. The number of nitrogens with one attached hydrogen (secondary N) is 1. The Morgan fingerprint density at radius 1 is 0.711 bits per heavy atom. The van der Waals surface area contributed by atoms with Gasteiger partial charge in [-0.05, 0) is 55.5 Å². The van der Waals surface area contributed by atoms with Crippen molar-refractivity contribution in [2.75, 3.05) is 33.8 Å². The van der Waals surface area contributed by atoms with Crippen molar-refractivity contribution in [1.82, 2.24) is 15.2 Å². The number of thioether (sulfide) groups is 1. The number of hydrogen-bond donors (Lipinski definition) is 1. The van der Waals surface area contributed by atoms with Crippen LogP contribution in [0.2, 0.25) is 0 Å². The molecule has 196 valence electrons. The Morgan fingerprint density at radius 3 is 1.71 bits per heavy atom. The molecule has 0 spiro atoms. The average Bonchev–Trinajstić information content (AvgIpc) is 2.97.